The molecular formula is C28H20F4. The SMILES string of the molecule is CCCc1ccc(-c2ccc3c(F)c(C#Cc4ccc(C(F)(F)F)cc4)ccc3c2)cc1. The second-order valence-corrected chi connectivity index (χ2v) is 7.64. The zero-order chi connectivity index (χ0) is 22.7. The number of alkyl halides is 3. The highest BCUT2D eigenvalue weighted by Crippen LogP contribution is 2.29. The van der Waals surface area contributed by atoms with Gasteiger partial charge < -0.3 is 0 Å². The Morgan fingerprint density at radius 2 is 1.44 bits per heavy atom. The van der Waals surface area contributed by atoms with Gasteiger partial charge in [0.05, 0.1) is 11.1 Å². The maximum absolute atomic E-state index is 15.0. The van der Waals surface area contributed by atoms with Gasteiger partial charge in [-0.2, -0.15) is 13.2 Å². The number of hydrogen-bond acceptors (Lipinski definition) is 0. The van der Waals surface area contributed by atoms with Gasteiger partial charge in [0.15, 0.2) is 0 Å². The molecule has 0 N–H and O–H groups in total. The lowest BCUT2D eigenvalue weighted by Crippen LogP contribution is -2.04. The van der Waals surface area contributed by atoms with Crippen LogP contribution in [0.4, 0.5) is 17.6 Å². The molecule has 32 heavy (non-hydrogen) atoms. The van der Waals surface area contributed by atoms with Crippen molar-refractivity contribution in [1.29, 1.82) is 0 Å². The third-order valence-electron chi connectivity index (χ3n) is 5.33. The van der Waals surface area contributed by atoms with Crippen molar-refractivity contribution in [2.45, 2.75) is 25.9 Å². The van der Waals surface area contributed by atoms with E-state index < -0.39 is 17.6 Å². The molecule has 0 amide bonds. The van der Waals surface area contributed by atoms with Crippen molar-refractivity contribution in [1.82, 2.24) is 0 Å². The first-order valence-electron chi connectivity index (χ1n) is 10.4. The van der Waals surface area contributed by atoms with E-state index >= 15 is 4.39 Å². The molecule has 0 aliphatic heterocycles. The van der Waals surface area contributed by atoms with Gasteiger partial charge in [-0.05, 0) is 64.9 Å². The Morgan fingerprint density at radius 3 is 2.09 bits per heavy atom. The van der Waals surface area contributed by atoms with Gasteiger partial charge >= 0.3 is 6.18 Å². The van der Waals surface area contributed by atoms with Crippen molar-refractivity contribution in [3.05, 3.63) is 107 Å². The first kappa shape index (κ1) is 21.6. The summed E-state index contributed by atoms with van der Waals surface area (Å²) in [4.78, 5) is 0. The average Bonchev–Trinajstić information content (AvgIpc) is 2.79. The highest BCUT2D eigenvalue weighted by atomic mass is 19.4. The molecular weight excluding hydrogens is 412 g/mol. The monoisotopic (exact) mass is 432 g/mol. The molecule has 0 heterocycles. The number of benzene rings is 4. The van der Waals surface area contributed by atoms with Crippen LogP contribution in [-0.4, -0.2) is 0 Å². The number of aryl methyl sites for hydroxylation is 1. The summed E-state index contributed by atoms with van der Waals surface area (Å²) in [6, 6.07) is 21.9. The quantitative estimate of drug-likeness (QED) is 0.227. The Kier molecular flexibility index (Phi) is 6.01. The summed E-state index contributed by atoms with van der Waals surface area (Å²) < 4.78 is 53.0. The Morgan fingerprint density at radius 1 is 0.750 bits per heavy atom. The molecule has 0 nitrogen and oxygen atoms in total. The van der Waals surface area contributed by atoms with Gasteiger partial charge in [0.2, 0.25) is 0 Å². The normalized spacial score (nSPS) is 11.3. The van der Waals surface area contributed by atoms with Crippen LogP contribution in [0.3, 0.4) is 0 Å². The number of fused-ring (bicyclic) bond motifs is 1. The maximum Gasteiger partial charge on any atom is 0.416 e. The van der Waals surface area contributed by atoms with Crippen molar-refractivity contribution in [3.63, 3.8) is 0 Å². The molecule has 0 bridgehead atoms. The predicted octanol–water partition coefficient (Wildman–Crippen LogP) is 8.02. The summed E-state index contributed by atoms with van der Waals surface area (Å²) in [5, 5.41) is 1.22. The van der Waals surface area contributed by atoms with Crippen molar-refractivity contribution in [2.24, 2.45) is 0 Å². The van der Waals surface area contributed by atoms with Gasteiger partial charge in [-0.3, -0.25) is 0 Å². The highest BCUT2D eigenvalue weighted by molar-refractivity contribution is 5.89. The second-order valence-electron chi connectivity index (χ2n) is 7.64. The molecule has 0 radical (unpaired) electrons. The summed E-state index contributed by atoms with van der Waals surface area (Å²) in [5.41, 5.74) is 3.21. The van der Waals surface area contributed by atoms with Crippen molar-refractivity contribution in [3.8, 4) is 23.0 Å². The van der Waals surface area contributed by atoms with Crippen molar-refractivity contribution in [2.75, 3.05) is 0 Å². The largest absolute Gasteiger partial charge is 0.416 e. The standard InChI is InChI=1S/C28H20F4/c1-2-3-19-4-9-21(10-5-19)23-14-17-26-24(18-23)13-12-22(27(26)29)11-6-20-7-15-25(16-8-20)28(30,31)32/h4-5,7-10,12-18H,2-3H2,1H3. The Labute approximate surface area is 184 Å². The minimum atomic E-state index is -4.40. The fourth-order valence-corrected chi connectivity index (χ4v) is 3.60. The van der Waals surface area contributed by atoms with Crippen LogP contribution in [-0.2, 0) is 12.6 Å². The zero-order valence-corrected chi connectivity index (χ0v) is 17.4. The highest BCUT2D eigenvalue weighted by Gasteiger charge is 2.29. The van der Waals surface area contributed by atoms with E-state index in [2.05, 4.69) is 43.0 Å². The molecule has 0 spiro atoms. The zero-order valence-electron chi connectivity index (χ0n) is 17.4. The molecule has 0 aliphatic rings. The fraction of sp³-hybridized carbons (Fsp3) is 0.143. The lowest BCUT2D eigenvalue weighted by molar-refractivity contribution is -0.137. The van der Waals surface area contributed by atoms with E-state index in [1.165, 1.54) is 17.7 Å². The van der Waals surface area contributed by atoms with Gasteiger partial charge in [-0.1, -0.05) is 67.6 Å². The van der Waals surface area contributed by atoms with Crippen LogP contribution in [0.2, 0.25) is 0 Å². The lowest BCUT2D eigenvalue weighted by Gasteiger charge is -2.07. The van der Waals surface area contributed by atoms with Gasteiger partial charge in [0.1, 0.15) is 5.82 Å². The minimum absolute atomic E-state index is 0.203. The third-order valence-corrected chi connectivity index (χ3v) is 5.33. The van der Waals surface area contributed by atoms with E-state index in [9.17, 15) is 13.2 Å². The molecule has 0 fully saturated rings. The van der Waals surface area contributed by atoms with E-state index in [1.807, 2.05) is 18.2 Å². The fourth-order valence-electron chi connectivity index (χ4n) is 3.60. The molecule has 4 rings (SSSR count). The molecule has 0 aromatic heterocycles. The molecule has 0 saturated heterocycles. The maximum atomic E-state index is 15.0. The summed E-state index contributed by atoms with van der Waals surface area (Å²) in [6.45, 7) is 2.15. The van der Waals surface area contributed by atoms with Crippen LogP contribution < -0.4 is 0 Å². The topological polar surface area (TPSA) is 0 Å². The third kappa shape index (κ3) is 4.68. The van der Waals surface area contributed by atoms with Gasteiger partial charge in [0, 0.05) is 10.9 Å². The number of rotatable bonds is 3. The molecule has 0 atom stereocenters. The van der Waals surface area contributed by atoms with E-state index in [1.54, 1.807) is 12.1 Å². The average molecular weight is 432 g/mol. The lowest BCUT2D eigenvalue weighted by atomic mass is 9.98. The van der Waals surface area contributed by atoms with Crippen LogP contribution in [0.5, 0.6) is 0 Å². The van der Waals surface area contributed by atoms with Gasteiger partial charge in [-0.25, -0.2) is 4.39 Å². The Bertz CT molecular complexity index is 1300. The van der Waals surface area contributed by atoms with Crippen molar-refractivity contribution >= 4 is 10.8 Å². The molecule has 0 aliphatic carbocycles. The second kappa shape index (κ2) is 8.88. The van der Waals surface area contributed by atoms with E-state index in [0.717, 1.165) is 41.5 Å². The summed E-state index contributed by atoms with van der Waals surface area (Å²) in [6.07, 6.45) is -2.26. The number of halogens is 4. The van der Waals surface area contributed by atoms with Gasteiger partial charge in [-0.15, -0.1) is 0 Å². The Balaban J connectivity index is 1.61. The van der Waals surface area contributed by atoms with Crippen LogP contribution in [0, 0.1) is 17.7 Å². The van der Waals surface area contributed by atoms with Crippen LogP contribution in [0.15, 0.2) is 78.9 Å². The van der Waals surface area contributed by atoms with Crippen molar-refractivity contribution < 1.29 is 17.6 Å². The summed E-state index contributed by atoms with van der Waals surface area (Å²) in [5.74, 6) is 5.04. The van der Waals surface area contributed by atoms with Gasteiger partial charge in [0.25, 0.3) is 0 Å². The smallest absolute Gasteiger partial charge is 0.205 e. The molecule has 4 heteroatoms. The van der Waals surface area contributed by atoms with Crippen LogP contribution in [0.1, 0.15) is 35.6 Å². The van der Waals surface area contributed by atoms with Crippen LogP contribution >= 0.6 is 0 Å². The minimum Gasteiger partial charge on any atom is -0.205 e. The van der Waals surface area contributed by atoms with E-state index in [-0.39, 0.29) is 5.56 Å². The molecule has 160 valence electrons. The molecule has 4 aromatic carbocycles. The first-order chi connectivity index (χ1) is 15.3. The predicted molar refractivity (Wildman–Crippen MR) is 121 cm³/mol. The molecule has 0 saturated carbocycles. The first-order valence-corrected chi connectivity index (χ1v) is 10.4. The molecule has 4 aromatic rings. The van der Waals surface area contributed by atoms with E-state index in [0.29, 0.717) is 10.9 Å². The summed E-state index contributed by atoms with van der Waals surface area (Å²) in [7, 11) is 0. The van der Waals surface area contributed by atoms with Crippen LogP contribution in [0.25, 0.3) is 21.9 Å². The number of hydrogen-bond donors (Lipinski definition) is 0. The van der Waals surface area contributed by atoms with E-state index in [4.69, 9.17) is 0 Å². The Hall–Kier alpha value is -3.58. The summed E-state index contributed by atoms with van der Waals surface area (Å²) >= 11 is 0. The molecule has 0 unspecified atom stereocenters.